The van der Waals surface area contributed by atoms with Crippen LogP contribution in [0.2, 0.25) is 0 Å². The van der Waals surface area contributed by atoms with Crippen molar-refractivity contribution in [1.29, 1.82) is 10.8 Å². The van der Waals surface area contributed by atoms with Crippen molar-refractivity contribution in [2.45, 2.75) is 184 Å². The van der Waals surface area contributed by atoms with Crippen LogP contribution in [0.4, 0.5) is 0 Å². The van der Waals surface area contributed by atoms with Gasteiger partial charge in [0.2, 0.25) is 76.8 Å². The number of nitrogens with two attached hydrogens (primary N) is 5. The molecule has 0 aliphatic rings. The number of rotatable bonds is 47. The number of H-pyrrole nitrogens is 2. The Morgan fingerprint density at radius 2 is 0.901 bits per heavy atom. The molecule has 5 rings (SSSR count). The minimum absolute atomic E-state index is 0.0208. The number of fused-ring (bicyclic) bond motifs is 1. The Balaban J connectivity index is 1.41. The van der Waals surface area contributed by atoms with E-state index < -0.39 is 186 Å². The van der Waals surface area contributed by atoms with Crippen LogP contribution in [0, 0.1) is 22.7 Å². The molecule has 5 aromatic rings. The highest BCUT2D eigenvalue weighted by atomic mass is 16.3. The first-order valence-corrected chi connectivity index (χ1v) is 36.0. The van der Waals surface area contributed by atoms with Crippen molar-refractivity contribution in [3.63, 3.8) is 0 Å². The summed E-state index contributed by atoms with van der Waals surface area (Å²) in [5.74, 6) is -15.0. The molecule has 2 heterocycles. The number of para-hydroxylation sites is 1. The topological polar surface area (TPSA) is 661 Å². The van der Waals surface area contributed by atoms with Gasteiger partial charge in [0.05, 0.1) is 24.9 Å². The van der Waals surface area contributed by atoms with E-state index in [1.807, 2.05) is 0 Å². The third-order valence-corrected chi connectivity index (χ3v) is 17.7. The standard InChI is InChI=1S/C72H105N23O16/c1-36(2)27-52(90-66(107)53(29-40-17-21-44(98)22-18-40)91-64(105)51(80-6)31-42-34-81-35-85-42)65(106)93-55(32-57(74)100)67(108)92-54(30-41-33-84-46-12-8-7-11-45(41)46)68(109)94-58(37(3)4)69(110)95-59(38(5)96)70(111)88-48(14-10-26-83-72(78)79)61(102)87-49(23-24-56(73)99)63(104)86-47(13-9-25-82-71(76)77)62(103)89-50(60(75)101)28-39-15-19-43(97)20-16-39/h7-8,11-12,15-22,33-38,47-55,58-59,80,84,96-98H,9-10,13-14,23-32H2,1-6H3,(H2,73,99)(H2,74,100)(H2,75,101)(H,81,85)(H,86,104)(H,87,102)(H,88,111)(H,89,103)(H,90,107)(H,91,105)(H,92,108)(H,93,106)(H,94,109)(H,95,110)(H4,76,77,82)(H4,78,79,83)/t38-,47+,48+,49+,50+,51+,52+,53+,54+,55+,58+,59+/m1/s1. The molecule has 30 N–H and O–H groups in total. The lowest BCUT2D eigenvalue weighted by molar-refractivity contribution is -0.138. The number of phenols is 2. The van der Waals surface area contributed by atoms with Crippen molar-refractivity contribution in [2.75, 3.05) is 20.1 Å². The number of amides is 13. The van der Waals surface area contributed by atoms with Crippen LogP contribution in [-0.4, -0.2) is 212 Å². The quantitative estimate of drug-likeness (QED) is 0.00988. The second kappa shape index (κ2) is 44.2. The molecule has 0 unspecified atom stereocenters. The fraction of sp³-hybridized carbons (Fsp3) is 0.472. The Morgan fingerprint density at radius 3 is 1.39 bits per heavy atom. The third kappa shape index (κ3) is 30.3. The number of likely N-dealkylation sites (N-methyl/N-ethyl adjacent to an activating group) is 1. The number of carbonyl (C=O) groups is 13. The van der Waals surface area contributed by atoms with Gasteiger partial charge in [-0.15, -0.1) is 0 Å². The highest BCUT2D eigenvalue weighted by Gasteiger charge is 2.39. The fourth-order valence-corrected chi connectivity index (χ4v) is 11.7. The number of aliphatic hydroxyl groups excluding tert-OH is 1. The van der Waals surface area contributed by atoms with E-state index in [0.29, 0.717) is 33.3 Å². The van der Waals surface area contributed by atoms with Crippen molar-refractivity contribution in [3.8, 4) is 11.5 Å². The van der Waals surface area contributed by atoms with Gasteiger partial charge in [0, 0.05) is 74.2 Å². The first-order chi connectivity index (χ1) is 52.5. The fourth-order valence-electron chi connectivity index (χ4n) is 11.7. The van der Waals surface area contributed by atoms with Crippen LogP contribution in [0.5, 0.6) is 11.5 Å². The van der Waals surface area contributed by atoms with Gasteiger partial charge in [0.25, 0.3) is 0 Å². The Hall–Kier alpha value is -12.4. The van der Waals surface area contributed by atoms with Crippen LogP contribution < -0.4 is 97.8 Å². The van der Waals surface area contributed by atoms with E-state index in [9.17, 15) is 77.6 Å². The molecule has 0 saturated heterocycles. The maximum absolute atomic E-state index is 15.0. The van der Waals surface area contributed by atoms with Crippen molar-refractivity contribution in [3.05, 3.63) is 114 Å². The second-order valence-electron chi connectivity index (χ2n) is 27.5. The molecule has 12 atom stereocenters. The smallest absolute Gasteiger partial charge is 0.245 e. The SMILES string of the molecule is CN[C@@H](Cc1cnc[nH]1)C(=O)N[C@@H](Cc1ccc(O)cc1)C(=O)N[C@@H](CC(C)C)C(=O)N[C@@H](CC(N)=O)C(=O)N[C@@H](Cc1c[nH]c2ccccc12)C(=O)N[C@H](C(=O)N[C@H](C(=O)N[C@@H](CCCNC(=N)N)C(=O)N[C@@H](CCC(N)=O)C(=O)N[C@@H](CCCNC(=N)N)C(=O)N[C@@H](Cc1ccc(O)cc1)C(N)=O)[C@@H](C)O)C(C)C. The number of aliphatic hydroxyl groups is 1. The minimum atomic E-state index is -1.93. The van der Waals surface area contributed by atoms with Crippen LogP contribution in [-0.2, 0) is 88.0 Å². The van der Waals surface area contributed by atoms with E-state index >= 15 is 0 Å². The lowest BCUT2D eigenvalue weighted by atomic mass is 9.99. The van der Waals surface area contributed by atoms with Crippen molar-refractivity contribution in [2.24, 2.45) is 40.5 Å². The number of aromatic hydroxyl groups is 2. The summed E-state index contributed by atoms with van der Waals surface area (Å²) in [6.45, 7) is 7.63. The Bertz CT molecular complexity index is 4020. The minimum Gasteiger partial charge on any atom is -0.508 e. The van der Waals surface area contributed by atoms with Crippen LogP contribution in [0.3, 0.4) is 0 Å². The highest BCUT2D eigenvalue weighted by molar-refractivity contribution is 6.01. The van der Waals surface area contributed by atoms with Gasteiger partial charge in [-0.25, -0.2) is 4.98 Å². The number of benzene rings is 3. The van der Waals surface area contributed by atoms with Gasteiger partial charge in [-0.3, -0.25) is 73.1 Å². The molecule has 0 aliphatic heterocycles. The summed E-state index contributed by atoms with van der Waals surface area (Å²) in [5.41, 5.74) is 30.5. The Morgan fingerprint density at radius 1 is 0.468 bits per heavy atom. The van der Waals surface area contributed by atoms with Gasteiger partial charge in [-0.1, -0.05) is 70.2 Å². The third-order valence-electron chi connectivity index (χ3n) is 17.7. The molecule has 0 radical (unpaired) electrons. The molecule has 13 amide bonds. The van der Waals surface area contributed by atoms with Crippen LogP contribution >= 0.6 is 0 Å². The number of hydrogen-bond acceptors (Lipinski definition) is 20. The van der Waals surface area contributed by atoms with Gasteiger partial charge in [-0.05, 0) is 111 Å². The first kappa shape index (κ1) is 89.2. The number of aromatic nitrogens is 3. The van der Waals surface area contributed by atoms with Gasteiger partial charge in [0.1, 0.15) is 71.9 Å². The van der Waals surface area contributed by atoms with E-state index in [1.165, 1.54) is 62.8 Å². The number of imidazole rings is 1. The van der Waals surface area contributed by atoms with E-state index in [-0.39, 0.29) is 88.3 Å². The maximum atomic E-state index is 15.0. The summed E-state index contributed by atoms with van der Waals surface area (Å²) < 4.78 is 0. The van der Waals surface area contributed by atoms with Gasteiger partial charge >= 0.3 is 0 Å². The number of carbonyl (C=O) groups excluding carboxylic acids is 13. The normalized spacial score (nSPS) is 14.4. The van der Waals surface area contributed by atoms with Crippen LogP contribution in [0.25, 0.3) is 10.9 Å². The molecule has 111 heavy (non-hydrogen) atoms. The summed E-state index contributed by atoms with van der Waals surface area (Å²) >= 11 is 0. The number of phenolic OH excluding ortho intramolecular Hbond substituents is 2. The molecule has 0 saturated carbocycles. The number of aromatic amines is 2. The molecule has 3 aromatic carbocycles. The maximum Gasteiger partial charge on any atom is 0.245 e. The van der Waals surface area contributed by atoms with Gasteiger partial charge < -0.3 is 123 Å². The first-order valence-electron chi connectivity index (χ1n) is 36.0. The van der Waals surface area contributed by atoms with E-state index in [4.69, 9.17) is 39.5 Å². The zero-order valence-electron chi connectivity index (χ0n) is 62.6. The lowest BCUT2D eigenvalue weighted by Crippen LogP contribution is -2.63. The lowest BCUT2D eigenvalue weighted by Gasteiger charge is -2.30. The predicted octanol–water partition coefficient (Wildman–Crippen LogP) is -4.76. The van der Waals surface area contributed by atoms with Crippen molar-refractivity contribution in [1.82, 2.24) is 84.1 Å². The molecule has 39 heteroatoms. The number of nitrogens with one attached hydrogen (secondary N) is 17. The molecule has 0 aliphatic carbocycles. The largest absolute Gasteiger partial charge is 0.508 e. The summed E-state index contributed by atoms with van der Waals surface area (Å²) in [4.78, 5) is 193. The van der Waals surface area contributed by atoms with Crippen molar-refractivity contribution < 1.29 is 77.6 Å². The summed E-state index contributed by atoms with van der Waals surface area (Å²) in [5, 5.41) is 80.5. The summed E-state index contributed by atoms with van der Waals surface area (Å²) in [7, 11) is 1.55. The molecule has 2 aromatic heterocycles. The predicted molar refractivity (Wildman–Crippen MR) is 406 cm³/mol. The number of guanidine groups is 2. The summed E-state index contributed by atoms with van der Waals surface area (Å²) in [6.07, 6.45) is 0.0353. The Labute approximate surface area is 640 Å². The zero-order chi connectivity index (χ0) is 82.2. The van der Waals surface area contributed by atoms with E-state index in [1.54, 1.807) is 63.5 Å². The monoisotopic (exact) mass is 1550 g/mol. The average molecular weight is 1550 g/mol. The zero-order valence-corrected chi connectivity index (χ0v) is 62.6. The second-order valence-corrected chi connectivity index (χ2v) is 27.5. The molecular weight excluding hydrogens is 1440 g/mol. The molecule has 0 spiro atoms. The number of nitrogens with zero attached hydrogens (tertiary/aromatic N) is 1. The van der Waals surface area contributed by atoms with Crippen molar-refractivity contribution >= 4 is 99.6 Å². The van der Waals surface area contributed by atoms with E-state index in [0.717, 1.165) is 6.92 Å². The molecular formula is C72H105N23O16. The summed E-state index contributed by atoms with van der Waals surface area (Å²) in [6, 6.07) is 1.64. The Kier molecular flexibility index (Phi) is 35.5. The molecule has 0 fully saturated rings. The van der Waals surface area contributed by atoms with Crippen LogP contribution in [0.1, 0.15) is 108 Å². The molecule has 604 valence electrons. The van der Waals surface area contributed by atoms with Crippen LogP contribution in [0.15, 0.2) is 91.5 Å². The molecule has 39 nitrogen and oxygen atoms in total. The average Bonchev–Trinajstić information content (AvgIpc) is 1.76. The van der Waals surface area contributed by atoms with E-state index in [2.05, 4.69) is 84.1 Å². The number of primary amides is 3. The molecule has 0 bridgehead atoms. The van der Waals surface area contributed by atoms with Gasteiger partial charge in [0.15, 0.2) is 11.9 Å². The van der Waals surface area contributed by atoms with Gasteiger partial charge in [-0.2, -0.15) is 0 Å². The highest BCUT2D eigenvalue weighted by Crippen LogP contribution is 2.21. The number of hydrogen-bond donors (Lipinski definition) is 25.